The number of nitrogens with one attached hydrogen (secondary N) is 1. The number of aryl methyl sites for hydroxylation is 2. The summed E-state index contributed by atoms with van der Waals surface area (Å²) >= 11 is 0. The maximum absolute atomic E-state index is 3.55. The Hall–Kier alpha value is -0.820. The van der Waals surface area contributed by atoms with Crippen LogP contribution in [0.25, 0.3) is 0 Å². The maximum atomic E-state index is 3.55. The SMILES string of the molecule is Cc1ccc(CNCCC2CCC2)cc1C. The van der Waals surface area contributed by atoms with E-state index < -0.39 is 0 Å². The zero-order valence-corrected chi connectivity index (χ0v) is 10.6. The quantitative estimate of drug-likeness (QED) is 0.743. The molecular weight excluding hydrogens is 194 g/mol. The number of rotatable bonds is 5. The summed E-state index contributed by atoms with van der Waals surface area (Å²) in [5, 5.41) is 3.55. The summed E-state index contributed by atoms with van der Waals surface area (Å²) in [6.07, 6.45) is 5.75. The molecule has 0 radical (unpaired) electrons. The average molecular weight is 217 g/mol. The summed E-state index contributed by atoms with van der Waals surface area (Å²) in [6, 6.07) is 6.75. The first-order valence-electron chi connectivity index (χ1n) is 6.52. The zero-order chi connectivity index (χ0) is 11.4. The van der Waals surface area contributed by atoms with Crippen molar-refractivity contribution in [1.82, 2.24) is 5.32 Å². The Morgan fingerprint density at radius 1 is 1.19 bits per heavy atom. The molecule has 1 nitrogen and oxygen atoms in total. The zero-order valence-electron chi connectivity index (χ0n) is 10.6. The first-order chi connectivity index (χ1) is 7.75. The smallest absolute Gasteiger partial charge is 0.0205 e. The van der Waals surface area contributed by atoms with Crippen LogP contribution in [-0.2, 0) is 6.54 Å². The Kier molecular flexibility index (Phi) is 4.00. The van der Waals surface area contributed by atoms with Gasteiger partial charge in [-0.2, -0.15) is 0 Å². The van der Waals surface area contributed by atoms with Gasteiger partial charge in [-0.05, 0) is 49.4 Å². The fraction of sp³-hybridized carbons (Fsp3) is 0.600. The van der Waals surface area contributed by atoms with Gasteiger partial charge in [-0.1, -0.05) is 37.5 Å². The van der Waals surface area contributed by atoms with E-state index in [1.807, 2.05) is 0 Å². The van der Waals surface area contributed by atoms with Gasteiger partial charge >= 0.3 is 0 Å². The van der Waals surface area contributed by atoms with Crippen LogP contribution in [0, 0.1) is 19.8 Å². The molecule has 0 unspecified atom stereocenters. The van der Waals surface area contributed by atoms with Crippen LogP contribution in [0.5, 0.6) is 0 Å². The highest BCUT2D eigenvalue weighted by Gasteiger charge is 2.15. The van der Waals surface area contributed by atoms with Gasteiger partial charge < -0.3 is 5.32 Å². The lowest BCUT2D eigenvalue weighted by atomic mass is 9.83. The minimum atomic E-state index is 1.02. The maximum Gasteiger partial charge on any atom is 0.0205 e. The monoisotopic (exact) mass is 217 g/mol. The molecule has 1 aliphatic rings. The van der Waals surface area contributed by atoms with Crippen molar-refractivity contribution in [1.29, 1.82) is 0 Å². The van der Waals surface area contributed by atoms with Crippen LogP contribution >= 0.6 is 0 Å². The second-order valence-corrected chi connectivity index (χ2v) is 5.18. The van der Waals surface area contributed by atoms with Crippen molar-refractivity contribution in [2.45, 2.75) is 46.1 Å². The van der Waals surface area contributed by atoms with Gasteiger partial charge in [0.15, 0.2) is 0 Å². The van der Waals surface area contributed by atoms with E-state index in [2.05, 4.69) is 37.4 Å². The molecule has 1 aromatic carbocycles. The summed E-state index contributed by atoms with van der Waals surface area (Å²) in [5.41, 5.74) is 4.20. The Balaban J connectivity index is 1.69. The van der Waals surface area contributed by atoms with E-state index in [4.69, 9.17) is 0 Å². The molecule has 0 aromatic heterocycles. The van der Waals surface area contributed by atoms with E-state index in [1.165, 1.54) is 48.9 Å². The molecular formula is C15H23N. The molecule has 0 atom stereocenters. The predicted molar refractivity (Wildman–Crippen MR) is 69.6 cm³/mol. The van der Waals surface area contributed by atoms with Gasteiger partial charge in [0.25, 0.3) is 0 Å². The van der Waals surface area contributed by atoms with Gasteiger partial charge in [-0.25, -0.2) is 0 Å². The van der Waals surface area contributed by atoms with Crippen LogP contribution in [0.15, 0.2) is 18.2 Å². The van der Waals surface area contributed by atoms with Crippen molar-refractivity contribution >= 4 is 0 Å². The fourth-order valence-electron chi connectivity index (χ4n) is 2.23. The van der Waals surface area contributed by atoms with Crippen molar-refractivity contribution in [2.75, 3.05) is 6.54 Å². The minimum absolute atomic E-state index is 1.02. The van der Waals surface area contributed by atoms with E-state index >= 15 is 0 Å². The molecule has 0 saturated heterocycles. The highest BCUT2D eigenvalue weighted by molar-refractivity contribution is 5.29. The molecule has 0 spiro atoms. The topological polar surface area (TPSA) is 12.0 Å². The molecule has 0 aliphatic heterocycles. The van der Waals surface area contributed by atoms with Crippen molar-refractivity contribution in [2.24, 2.45) is 5.92 Å². The highest BCUT2D eigenvalue weighted by Crippen LogP contribution is 2.28. The molecule has 1 heteroatoms. The standard InChI is InChI=1S/C15H23N/c1-12-6-7-15(10-13(12)2)11-16-9-8-14-4-3-5-14/h6-7,10,14,16H,3-5,8-9,11H2,1-2H3. The molecule has 1 N–H and O–H groups in total. The molecule has 1 aromatic rings. The lowest BCUT2D eigenvalue weighted by molar-refractivity contribution is 0.292. The Morgan fingerprint density at radius 2 is 2.00 bits per heavy atom. The predicted octanol–water partition coefficient (Wildman–Crippen LogP) is 3.58. The van der Waals surface area contributed by atoms with Gasteiger partial charge in [-0.15, -0.1) is 0 Å². The molecule has 0 bridgehead atoms. The van der Waals surface area contributed by atoms with E-state index in [0.717, 1.165) is 12.5 Å². The van der Waals surface area contributed by atoms with Crippen LogP contribution in [0.2, 0.25) is 0 Å². The van der Waals surface area contributed by atoms with Crippen LogP contribution in [-0.4, -0.2) is 6.54 Å². The largest absolute Gasteiger partial charge is 0.313 e. The molecule has 88 valence electrons. The third-order valence-corrected chi connectivity index (χ3v) is 3.85. The van der Waals surface area contributed by atoms with Crippen molar-refractivity contribution in [3.63, 3.8) is 0 Å². The Labute approximate surface area is 99.3 Å². The van der Waals surface area contributed by atoms with Crippen LogP contribution in [0.3, 0.4) is 0 Å². The normalized spacial score (nSPS) is 16.1. The molecule has 0 amide bonds. The number of benzene rings is 1. The highest BCUT2D eigenvalue weighted by atomic mass is 14.8. The fourth-order valence-corrected chi connectivity index (χ4v) is 2.23. The molecule has 2 rings (SSSR count). The Morgan fingerprint density at radius 3 is 2.62 bits per heavy atom. The minimum Gasteiger partial charge on any atom is -0.313 e. The van der Waals surface area contributed by atoms with Crippen LogP contribution in [0.4, 0.5) is 0 Å². The second-order valence-electron chi connectivity index (χ2n) is 5.18. The Bertz CT molecular complexity index is 339. The summed E-state index contributed by atoms with van der Waals surface area (Å²) in [6.45, 7) is 6.56. The van der Waals surface area contributed by atoms with Gasteiger partial charge in [0.2, 0.25) is 0 Å². The summed E-state index contributed by atoms with van der Waals surface area (Å²) in [7, 11) is 0. The van der Waals surface area contributed by atoms with Gasteiger partial charge in [-0.3, -0.25) is 0 Å². The van der Waals surface area contributed by atoms with Gasteiger partial charge in [0.05, 0.1) is 0 Å². The third-order valence-electron chi connectivity index (χ3n) is 3.85. The number of hydrogen-bond acceptors (Lipinski definition) is 1. The first-order valence-corrected chi connectivity index (χ1v) is 6.52. The lowest BCUT2D eigenvalue weighted by Crippen LogP contribution is -2.21. The first kappa shape index (κ1) is 11.7. The molecule has 0 heterocycles. The van der Waals surface area contributed by atoms with Gasteiger partial charge in [0.1, 0.15) is 0 Å². The molecule has 16 heavy (non-hydrogen) atoms. The molecule has 1 fully saturated rings. The third kappa shape index (κ3) is 3.08. The second kappa shape index (κ2) is 5.49. The summed E-state index contributed by atoms with van der Waals surface area (Å²) < 4.78 is 0. The van der Waals surface area contributed by atoms with Crippen molar-refractivity contribution in [3.05, 3.63) is 34.9 Å². The molecule has 1 aliphatic carbocycles. The molecule has 1 saturated carbocycles. The van der Waals surface area contributed by atoms with Crippen LogP contribution in [0.1, 0.15) is 42.4 Å². The van der Waals surface area contributed by atoms with Crippen molar-refractivity contribution < 1.29 is 0 Å². The van der Waals surface area contributed by atoms with E-state index in [-0.39, 0.29) is 0 Å². The van der Waals surface area contributed by atoms with E-state index in [1.54, 1.807) is 0 Å². The number of hydrogen-bond donors (Lipinski definition) is 1. The van der Waals surface area contributed by atoms with Crippen molar-refractivity contribution in [3.8, 4) is 0 Å². The summed E-state index contributed by atoms with van der Waals surface area (Å²) in [5.74, 6) is 1.02. The average Bonchev–Trinajstić information content (AvgIpc) is 2.20. The van der Waals surface area contributed by atoms with E-state index in [0.29, 0.717) is 0 Å². The van der Waals surface area contributed by atoms with Crippen LogP contribution < -0.4 is 5.32 Å². The summed E-state index contributed by atoms with van der Waals surface area (Å²) in [4.78, 5) is 0. The lowest BCUT2D eigenvalue weighted by Gasteiger charge is -2.25. The van der Waals surface area contributed by atoms with E-state index in [9.17, 15) is 0 Å². The van der Waals surface area contributed by atoms with Gasteiger partial charge in [0, 0.05) is 6.54 Å².